The third-order valence-corrected chi connectivity index (χ3v) is 6.77. The van der Waals surface area contributed by atoms with Gasteiger partial charge in [-0.05, 0) is 29.3 Å². The number of hydrogen-bond acceptors (Lipinski definition) is 5. The van der Waals surface area contributed by atoms with Crippen molar-refractivity contribution in [1.29, 1.82) is 0 Å². The number of rotatable bonds is 3. The van der Waals surface area contributed by atoms with E-state index in [4.69, 9.17) is 4.74 Å². The van der Waals surface area contributed by atoms with Crippen molar-refractivity contribution in [3.05, 3.63) is 82.0 Å². The van der Waals surface area contributed by atoms with Crippen LogP contribution in [0, 0.1) is 5.92 Å². The molecule has 6 nitrogen and oxygen atoms in total. The van der Waals surface area contributed by atoms with E-state index in [0.717, 1.165) is 4.47 Å². The maximum absolute atomic E-state index is 12.3. The molecule has 3 aliphatic rings. The molecular formula is C22H18BrNO5. The minimum absolute atomic E-state index is 0.220. The summed E-state index contributed by atoms with van der Waals surface area (Å²) in [7, 11) is 0. The lowest BCUT2D eigenvalue weighted by Gasteiger charge is -2.39. The van der Waals surface area contributed by atoms with E-state index in [1.54, 1.807) is 54.6 Å². The zero-order chi connectivity index (χ0) is 20.4. The van der Waals surface area contributed by atoms with Crippen LogP contribution in [-0.4, -0.2) is 45.3 Å². The zero-order valence-electron chi connectivity index (χ0n) is 15.2. The number of hydrogen-bond donors (Lipinski definition) is 3. The summed E-state index contributed by atoms with van der Waals surface area (Å²) in [5.41, 5.74) is -2.05. The number of carboxylic acid groups (broad SMARTS) is 1. The van der Waals surface area contributed by atoms with Gasteiger partial charge in [-0.3, -0.25) is 9.79 Å². The van der Waals surface area contributed by atoms with Gasteiger partial charge in [0.1, 0.15) is 17.6 Å². The first-order chi connectivity index (χ1) is 13.9. The number of ether oxygens (including phenoxy) is 1. The third kappa shape index (κ3) is 2.23. The Labute approximate surface area is 175 Å². The molecule has 1 aliphatic carbocycles. The van der Waals surface area contributed by atoms with Crippen molar-refractivity contribution in [2.75, 3.05) is 6.54 Å². The number of benzene rings is 2. The second-order valence-electron chi connectivity index (χ2n) is 7.57. The van der Waals surface area contributed by atoms with Gasteiger partial charge in [-0.25, -0.2) is 0 Å². The first kappa shape index (κ1) is 18.5. The summed E-state index contributed by atoms with van der Waals surface area (Å²) in [6.45, 7) is 0.323. The fourth-order valence-electron chi connectivity index (χ4n) is 5.11. The van der Waals surface area contributed by atoms with Gasteiger partial charge < -0.3 is 20.1 Å². The van der Waals surface area contributed by atoms with Gasteiger partial charge in [-0.1, -0.05) is 58.4 Å². The highest BCUT2D eigenvalue weighted by molar-refractivity contribution is 9.10. The number of nitrogens with zero attached hydrogens (tertiary/aromatic N) is 1. The van der Waals surface area contributed by atoms with Gasteiger partial charge in [0.05, 0.1) is 12.5 Å². The molecule has 1 saturated carbocycles. The van der Waals surface area contributed by atoms with Crippen LogP contribution < -0.4 is 0 Å². The number of aliphatic imine (C=N–C) groups is 1. The molecule has 0 spiro atoms. The topological polar surface area (TPSA) is 99.4 Å². The number of aliphatic carboxylic acids is 1. The van der Waals surface area contributed by atoms with Crippen LogP contribution in [0.25, 0.3) is 0 Å². The average molecular weight is 456 g/mol. The Hall–Kier alpha value is -2.48. The molecule has 5 atom stereocenters. The summed E-state index contributed by atoms with van der Waals surface area (Å²) < 4.78 is 7.22. The zero-order valence-corrected chi connectivity index (χ0v) is 16.8. The van der Waals surface area contributed by atoms with Crippen molar-refractivity contribution in [1.82, 2.24) is 0 Å². The van der Waals surface area contributed by atoms with E-state index in [2.05, 4.69) is 20.9 Å². The molecule has 0 radical (unpaired) electrons. The number of halogens is 1. The smallest absolute Gasteiger partial charge is 0.310 e. The van der Waals surface area contributed by atoms with Crippen molar-refractivity contribution in [3.63, 3.8) is 0 Å². The molecule has 0 unspecified atom stereocenters. The van der Waals surface area contributed by atoms with E-state index in [9.17, 15) is 20.1 Å². The first-order valence-electron chi connectivity index (χ1n) is 9.30. The highest BCUT2D eigenvalue weighted by atomic mass is 79.9. The largest absolute Gasteiger partial charge is 0.481 e. The third-order valence-electron chi connectivity index (χ3n) is 6.24. The molecule has 148 valence electrons. The molecule has 7 heteroatoms. The Morgan fingerprint density at radius 2 is 1.83 bits per heavy atom. The van der Waals surface area contributed by atoms with Crippen LogP contribution in [0.15, 0.2) is 75.9 Å². The van der Waals surface area contributed by atoms with E-state index in [-0.39, 0.29) is 5.71 Å². The lowest BCUT2D eigenvalue weighted by molar-refractivity contribution is -0.147. The van der Waals surface area contributed by atoms with Crippen molar-refractivity contribution in [2.45, 2.75) is 23.2 Å². The minimum atomic E-state index is -1.99. The van der Waals surface area contributed by atoms with Gasteiger partial charge in [0.25, 0.3) is 0 Å². The number of carbonyl (C=O) groups is 1. The second kappa shape index (κ2) is 6.26. The SMILES string of the molecule is O=C(O)[C@H]1[C@@H](O)[C@@]2(O)C3=NCC=C3O[C@@]2(c2ccc(Br)cc2)[C@@H]1c1ccccc1. The van der Waals surface area contributed by atoms with Gasteiger partial charge in [0.15, 0.2) is 11.2 Å². The molecule has 5 rings (SSSR count). The summed E-state index contributed by atoms with van der Waals surface area (Å²) >= 11 is 3.41. The van der Waals surface area contributed by atoms with Crippen LogP contribution in [0.2, 0.25) is 0 Å². The van der Waals surface area contributed by atoms with Crippen LogP contribution in [0.5, 0.6) is 0 Å². The molecule has 1 saturated heterocycles. The van der Waals surface area contributed by atoms with Crippen molar-refractivity contribution in [3.8, 4) is 0 Å². The highest BCUT2D eigenvalue weighted by Crippen LogP contribution is 2.65. The summed E-state index contributed by atoms with van der Waals surface area (Å²) in [6.07, 6.45) is 0.146. The van der Waals surface area contributed by atoms with E-state index in [1.165, 1.54) is 0 Å². The summed E-state index contributed by atoms with van der Waals surface area (Å²) in [5.74, 6) is -2.91. The molecule has 0 amide bonds. The van der Waals surface area contributed by atoms with E-state index >= 15 is 0 Å². The minimum Gasteiger partial charge on any atom is -0.481 e. The van der Waals surface area contributed by atoms with Crippen LogP contribution in [0.1, 0.15) is 17.0 Å². The maximum Gasteiger partial charge on any atom is 0.310 e. The number of carboxylic acids is 1. The lowest BCUT2D eigenvalue weighted by atomic mass is 9.71. The molecule has 2 aromatic carbocycles. The summed E-state index contributed by atoms with van der Waals surface area (Å²) in [5, 5.41) is 33.2. The number of aliphatic hydroxyl groups excluding tert-OH is 1. The monoisotopic (exact) mass is 455 g/mol. The summed E-state index contributed by atoms with van der Waals surface area (Å²) in [4.78, 5) is 16.7. The van der Waals surface area contributed by atoms with Crippen molar-refractivity contribution >= 4 is 27.6 Å². The lowest BCUT2D eigenvalue weighted by Crippen LogP contribution is -2.56. The van der Waals surface area contributed by atoms with Gasteiger partial charge in [0.2, 0.25) is 0 Å². The van der Waals surface area contributed by atoms with Gasteiger partial charge >= 0.3 is 5.97 Å². The number of fused-ring (bicyclic) bond motifs is 3. The Kier molecular flexibility index (Phi) is 4.00. The van der Waals surface area contributed by atoms with Crippen molar-refractivity contribution < 1.29 is 24.9 Å². The van der Waals surface area contributed by atoms with Gasteiger partial charge in [-0.15, -0.1) is 0 Å². The van der Waals surface area contributed by atoms with Crippen LogP contribution in [0.4, 0.5) is 0 Å². The summed E-state index contributed by atoms with van der Waals surface area (Å²) in [6, 6.07) is 16.2. The Bertz CT molecular complexity index is 1050. The first-order valence-corrected chi connectivity index (χ1v) is 10.1. The van der Waals surface area contributed by atoms with E-state index in [1.807, 2.05) is 6.07 Å². The second-order valence-corrected chi connectivity index (χ2v) is 8.48. The predicted molar refractivity (Wildman–Crippen MR) is 109 cm³/mol. The molecule has 0 aromatic heterocycles. The molecule has 2 aromatic rings. The molecule has 2 aliphatic heterocycles. The Morgan fingerprint density at radius 1 is 1.14 bits per heavy atom. The van der Waals surface area contributed by atoms with Crippen LogP contribution >= 0.6 is 15.9 Å². The quantitative estimate of drug-likeness (QED) is 0.660. The molecule has 2 fully saturated rings. The molecule has 2 heterocycles. The van der Waals surface area contributed by atoms with Gasteiger partial charge in [0, 0.05) is 10.4 Å². The van der Waals surface area contributed by atoms with Crippen molar-refractivity contribution in [2.24, 2.45) is 10.9 Å². The molecule has 29 heavy (non-hydrogen) atoms. The van der Waals surface area contributed by atoms with E-state index in [0.29, 0.717) is 23.4 Å². The molecule has 3 N–H and O–H groups in total. The Morgan fingerprint density at radius 3 is 2.48 bits per heavy atom. The van der Waals surface area contributed by atoms with Gasteiger partial charge in [-0.2, -0.15) is 0 Å². The normalized spacial score (nSPS) is 34.8. The fourth-order valence-corrected chi connectivity index (χ4v) is 5.38. The fraction of sp³-hybridized carbons (Fsp3) is 0.273. The predicted octanol–water partition coefficient (Wildman–Crippen LogP) is 2.60. The van der Waals surface area contributed by atoms with E-state index < -0.39 is 35.1 Å². The number of aliphatic hydroxyl groups is 2. The highest BCUT2D eigenvalue weighted by Gasteiger charge is 2.79. The Balaban J connectivity index is 1.85. The van der Waals surface area contributed by atoms with Crippen LogP contribution in [-0.2, 0) is 15.1 Å². The average Bonchev–Trinajstić information content (AvgIpc) is 3.32. The standard InChI is InChI=1S/C22H18BrNO5/c23-14-8-6-13(7-9-14)22-17(12-4-2-1-3-5-12)16(20(26)27)19(25)21(22,28)18-15(29-22)10-11-24-18/h1-10,16-17,19,25,28H,11H2,(H,26,27)/t16-,17-,19-,21+,22+/m1/s1. The molecular weight excluding hydrogens is 438 g/mol. The van der Waals surface area contributed by atoms with Crippen LogP contribution in [0.3, 0.4) is 0 Å². The maximum atomic E-state index is 12.3. The molecule has 0 bridgehead atoms.